The maximum absolute atomic E-state index is 12.9. The largest absolute Gasteiger partial charge is 0.497 e. The molecule has 2 amide bonds. The van der Waals surface area contributed by atoms with E-state index in [9.17, 15) is 9.59 Å². The standard InChI is InChI=1S/C20H24N4O4/c1-27-15-6-14(7-16(8-15)28-2)22-20(26)23-9-12-5-13(11-23)18-4-3-17(21)19(25)24(18)10-12/h3-4,6-8,12-13H,5,9-11,21H2,1-2H3,(H,22,26)/t12-,13-/m1/s1. The highest BCUT2D eigenvalue weighted by Gasteiger charge is 2.36. The molecule has 28 heavy (non-hydrogen) atoms. The molecular weight excluding hydrogens is 360 g/mol. The Balaban J connectivity index is 1.53. The Bertz CT molecular complexity index is 949. The summed E-state index contributed by atoms with van der Waals surface area (Å²) in [6.45, 7) is 1.75. The number of urea groups is 1. The first-order valence-electron chi connectivity index (χ1n) is 9.26. The quantitative estimate of drug-likeness (QED) is 0.844. The summed E-state index contributed by atoms with van der Waals surface area (Å²) in [5.41, 5.74) is 7.48. The summed E-state index contributed by atoms with van der Waals surface area (Å²) < 4.78 is 12.3. The number of benzene rings is 1. The third-order valence-corrected chi connectivity index (χ3v) is 5.52. The van der Waals surface area contributed by atoms with Crippen molar-refractivity contribution in [2.45, 2.75) is 18.9 Å². The highest BCUT2D eigenvalue weighted by atomic mass is 16.5. The van der Waals surface area contributed by atoms with E-state index in [2.05, 4.69) is 5.32 Å². The molecule has 1 aromatic heterocycles. The van der Waals surface area contributed by atoms with Gasteiger partial charge in [-0.15, -0.1) is 0 Å². The van der Waals surface area contributed by atoms with Gasteiger partial charge in [-0.05, 0) is 24.5 Å². The van der Waals surface area contributed by atoms with E-state index in [0.717, 1.165) is 12.1 Å². The van der Waals surface area contributed by atoms with E-state index < -0.39 is 0 Å². The zero-order chi connectivity index (χ0) is 19.8. The number of piperidine rings is 1. The van der Waals surface area contributed by atoms with Gasteiger partial charge in [-0.25, -0.2) is 4.79 Å². The lowest BCUT2D eigenvalue weighted by Crippen LogP contribution is -2.50. The molecule has 0 radical (unpaired) electrons. The molecule has 1 aromatic carbocycles. The lowest BCUT2D eigenvalue weighted by atomic mass is 9.83. The Labute approximate surface area is 162 Å². The predicted molar refractivity (Wildman–Crippen MR) is 106 cm³/mol. The average Bonchev–Trinajstić information content (AvgIpc) is 2.70. The van der Waals surface area contributed by atoms with E-state index in [1.807, 2.05) is 11.0 Å². The Kier molecular flexibility index (Phi) is 4.62. The number of methoxy groups -OCH3 is 2. The third kappa shape index (κ3) is 3.26. The van der Waals surface area contributed by atoms with Crippen LogP contribution in [0.1, 0.15) is 18.0 Å². The molecule has 4 rings (SSSR count). The topological polar surface area (TPSA) is 98.8 Å². The molecule has 0 unspecified atom stereocenters. The smallest absolute Gasteiger partial charge is 0.321 e. The fraction of sp³-hybridized carbons (Fsp3) is 0.400. The minimum absolute atomic E-state index is 0.131. The predicted octanol–water partition coefficient (Wildman–Crippen LogP) is 2.10. The van der Waals surface area contributed by atoms with Gasteiger partial charge in [-0.2, -0.15) is 0 Å². The van der Waals surface area contributed by atoms with E-state index in [1.165, 1.54) is 0 Å². The number of nitrogens with two attached hydrogens (primary N) is 1. The number of ether oxygens (including phenoxy) is 2. The number of rotatable bonds is 3. The Hall–Kier alpha value is -3.16. The highest BCUT2D eigenvalue weighted by Crippen LogP contribution is 2.35. The lowest BCUT2D eigenvalue weighted by molar-refractivity contribution is 0.139. The van der Waals surface area contributed by atoms with Crippen molar-refractivity contribution in [3.63, 3.8) is 0 Å². The normalized spacial score (nSPS) is 20.3. The summed E-state index contributed by atoms with van der Waals surface area (Å²) >= 11 is 0. The molecule has 0 aliphatic carbocycles. The number of nitrogen functional groups attached to an aromatic ring is 1. The number of nitrogens with one attached hydrogen (secondary N) is 1. The van der Waals surface area contributed by atoms with Crippen molar-refractivity contribution in [3.05, 3.63) is 46.4 Å². The molecule has 3 N–H and O–H groups in total. The molecule has 1 saturated heterocycles. The monoisotopic (exact) mass is 384 g/mol. The average molecular weight is 384 g/mol. The van der Waals surface area contributed by atoms with Crippen molar-refractivity contribution in [1.82, 2.24) is 9.47 Å². The van der Waals surface area contributed by atoms with Crippen LogP contribution in [-0.4, -0.2) is 42.8 Å². The molecule has 2 aromatic rings. The van der Waals surface area contributed by atoms with Crippen molar-refractivity contribution in [2.75, 3.05) is 38.4 Å². The summed E-state index contributed by atoms with van der Waals surface area (Å²) in [5.74, 6) is 1.58. The number of likely N-dealkylation sites (tertiary alicyclic amines) is 1. The fourth-order valence-electron chi connectivity index (χ4n) is 4.21. The van der Waals surface area contributed by atoms with Crippen LogP contribution >= 0.6 is 0 Å². The van der Waals surface area contributed by atoms with Crippen LogP contribution in [0.3, 0.4) is 0 Å². The summed E-state index contributed by atoms with van der Waals surface area (Å²) in [6.07, 6.45) is 0.972. The zero-order valence-corrected chi connectivity index (χ0v) is 16.0. The number of fused-ring (bicyclic) bond motifs is 4. The molecule has 0 spiro atoms. The van der Waals surface area contributed by atoms with Gasteiger partial charge in [-0.3, -0.25) is 4.79 Å². The van der Waals surface area contributed by atoms with Gasteiger partial charge in [0.1, 0.15) is 11.5 Å². The third-order valence-electron chi connectivity index (χ3n) is 5.52. The summed E-state index contributed by atoms with van der Waals surface area (Å²) in [5, 5.41) is 2.93. The van der Waals surface area contributed by atoms with E-state index in [0.29, 0.717) is 36.8 Å². The number of amides is 2. The first kappa shape index (κ1) is 18.2. The van der Waals surface area contributed by atoms with Gasteiger partial charge in [0.15, 0.2) is 0 Å². The fourth-order valence-corrected chi connectivity index (χ4v) is 4.21. The SMILES string of the molecule is COc1cc(NC(=O)N2C[C@H]3C[C@H](C2)c2ccc(N)c(=O)n2C3)cc(OC)c1. The highest BCUT2D eigenvalue weighted by molar-refractivity contribution is 5.90. The van der Waals surface area contributed by atoms with Gasteiger partial charge < -0.3 is 30.0 Å². The van der Waals surface area contributed by atoms with Crippen LogP contribution in [-0.2, 0) is 6.54 Å². The van der Waals surface area contributed by atoms with Crippen LogP contribution in [0.2, 0.25) is 0 Å². The zero-order valence-electron chi connectivity index (χ0n) is 16.0. The van der Waals surface area contributed by atoms with Crippen molar-refractivity contribution >= 4 is 17.4 Å². The summed E-state index contributed by atoms with van der Waals surface area (Å²) in [7, 11) is 3.14. The Morgan fingerprint density at radius 3 is 2.50 bits per heavy atom. The molecule has 2 bridgehead atoms. The van der Waals surface area contributed by atoms with Crippen molar-refractivity contribution in [3.8, 4) is 11.5 Å². The van der Waals surface area contributed by atoms with Crippen LogP contribution in [0.15, 0.2) is 35.1 Å². The van der Waals surface area contributed by atoms with Gasteiger partial charge in [0.25, 0.3) is 5.56 Å². The number of hydrogen-bond acceptors (Lipinski definition) is 5. The minimum Gasteiger partial charge on any atom is -0.497 e. The van der Waals surface area contributed by atoms with Crippen molar-refractivity contribution in [2.24, 2.45) is 5.92 Å². The number of carbonyl (C=O) groups excluding carboxylic acids is 1. The molecule has 0 saturated carbocycles. The molecule has 3 heterocycles. The van der Waals surface area contributed by atoms with Crippen LogP contribution < -0.4 is 26.1 Å². The van der Waals surface area contributed by atoms with Crippen LogP contribution in [0.25, 0.3) is 0 Å². The van der Waals surface area contributed by atoms with Gasteiger partial charge in [0.2, 0.25) is 0 Å². The van der Waals surface area contributed by atoms with Gasteiger partial charge in [0.05, 0.1) is 19.9 Å². The van der Waals surface area contributed by atoms with Crippen molar-refractivity contribution < 1.29 is 14.3 Å². The number of aromatic nitrogens is 1. The van der Waals surface area contributed by atoms with Gasteiger partial charge >= 0.3 is 6.03 Å². The number of nitrogens with zero attached hydrogens (tertiary/aromatic N) is 2. The number of carbonyl (C=O) groups is 1. The first-order valence-corrected chi connectivity index (χ1v) is 9.26. The molecule has 8 nitrogen and oxygen atoms in total. The van der Waals surface area contributed by atoms with E-state index in [1.54, 1.807) is 43.1 Å². The molecule has 2 aliphatic heterocycles. The first-order chi connectivity index (χ1) is 13.5. The molecule has 8 heteroatoms. The molecule has 1 fully saturated rings. The lowest BCUT2D eigenvalue weighted by Gasteiger charge is -2.42. The van der Waals surface area contributed by atoms with Gasteiger partial charge in [0, 0.05) is 55.1 Å². The Morgan fingerprint density at radius 2 is 1.82 bits per heavy atom. The maximum atomic E-state index is 12.9. The molecular formula is C20H24N4O4. The summed E-state index contributed by atoms with van der Waals surface area (Å²) in [4.78, 5) is 27.0. The van der Waals surface area contributed by atoms with Crippen molar-refractivity contribution in [1.29, 1.82) is 0 Å². The second kappa shape index (κ2) is 7.10. The van der Waals surface area contributed by atoms with Crippen LogP contribution in [0.5, 0.6) is 11.5 Å². The number of anilines is 2. The molecule has 2 atom stereocenters. The van der Waals surface area contributed by atoms with E-state index in [4.69, 9.17) is 15.2 Å². The molecule has 148 valence electrons. The van der Waals surface area contributed by atoms with E-state index in [-0.39, 0.29) is 29.1 Å². The van der Waals surface area contributed by atoms with E-state index >= 15 is 0 Å². The summed E-state index contributed by atoms with van der Waals surface area (Å²) in [6, 6.07) is 8.66. The number of hydrogen-bond donors (Lipinski definition) is 2. The van der Waals surface area contributed by atoms with Crippen LogP contribution in [0.4, 0.5) is 16.2 Å². The minimum atomic E-state index is -0.170. The number of pyridine rings is 1. The maximum Gasteiger partial charge on any atom is 0.321 e. The van der Waals surface area contributed by atoms with Crippen LogP contribution in [0, 0.1) is 5.92 Å². The molecule has 2 aliphatic rings. The second-order valence-corrected chi connectivity index (χ2v) is 7.36. The second-order valence-electron chi connectivity index (χ2n) is 7.36. The van der Waals surface area contributed by atoms with Gasteiger partial charge in [-0.1, -0.05) is 0 Å². The Morgan fingerprint density at radius 1 is 1.11 bits per heavy atom.